The van der Waals surface area contributed by atoms with Crippen LogP contribution in [0.15, 0.2) is 12.1 Å². The van der Waals surface area contributed by atoms with Gasteiger partial charge >= 0.3 is 0 Å². The average molecular weight is 231 g/mol. The van der Waals surface area contributed by atoms with Crippen LogP contribution in [0, 0.1) is 0 Å². The van der Waals surface area contributed by atoms with Gasteiger partial charge in [-0.15, -0.1) is 0 Å². The van der Waals surface area contributed by atoms with Gasteiger partial charge in [0.25, 0.3) is 8.32 Å². The molecule has 0 spiro atoms. The van der Waals surface area contributed by atoms with Crippen molar-refractivity contribution in [1.82, 2.24) is 4.90 Å². The van der Waals surface area contributed by atoms with Crippen LogP contribution in [0.4, 0.5) is 0 Å². The highest BCUT2D eigenvalue weighted by Crippen LogP contribution is 2.38. The van der Waals surface area contributed by atoms with Gasteiger partial charge in [-0.1, -0.05) is 20.8 Å². The molecule has 0 aromatic rings. The van der Waals surface area contributed by atoms with Crippen LogP contribution in [0.2, 0.25) is 18.1 Å². The zero-order valence-electron chi connectivity index (χ0n) is 11.3. The quantitative estimate of drug-likeness (QED) is 0.548. The normalized spacial score (nSPS) is 13.7. The number of hydrogen-bond donors (Lipinski definition) is 0. The van der Waals surface area contributed by atoms with E-state index in [1.165, 1.54) is 0 Å². The maximum absolute atomic E-state index is 6.11. The molecule has 15 heavy (non-hydrogen) atoms. The zero-order valence-corrected chi connectivity index (χ0v) is 12.3. The molecule has 0 saturated carbocycles. The third-order valence-electron chi connectivity index (χ3n) is 2.83. The van der Waals surface area contributed by atoms with Crippen LogP contribution >= 0.6 is 0 Å². The Kier molecular flexibility index (Phi) is 4.71. The Balaban J connectivity index is 4.76. The van der Waals surface area contributed by atoms with Crippen LogP contribution in [0.5, 0.6) is 0 Å². The second-order valence-corrected chi connectivity index (χ2v) is 10.2. The van der Waals surface area contributed by atoms with E-state index in [1.807, 2.05) is 19.0 Å². The fourth-order valence-corrected chi connectivity index (χ4v) is 1.80. The lowest BCUT2D eigenvalue weighted by atomic mass is 10.2. The van der Waals surface area contributed by atoms with Gasteiger partial charge in [0.2, 0.25) is 5.88 Å². The first kappa shape index (κ1) is 14.4. The molecule has 0 atom stereocenters. The minimum atomic E-state index is -1.76. The molecule has 0 radical (unpaired) electrons. The highest BCUT2D eigenvalue weighted by atomic mass is 28.4. The standard InChI is InChI=1S/C11H25NO2Si/c1-11(2,3)15(7,8)14-10(9-13-6)12(4)5/h9H,1-8H3/b10-9-. The van der Waals surface area contributed by atoms with Crippen LogP contribution in [-0.4, -0.2) is 34.4 Å². The molecule has 3 nitrogen and oxygen atoms in total. The fraction of sp³-hybridized carbons (Fsp3) is 0.818. The van der Waals surface area contributed by atoms with Gasteiger partial charge in [-0.3, -0.25) is 0 Å². The number of rotatable bonds is 4. The van der Waals surface area contributed by atoms with E-state index in [1.54, 1.807) is 13.4 Å². The lowest BCUT2D eigenvalue weighted by molar-refractivity contribution is 0.222. The van der Waals surface area contributed by atoms with Crippen molar-refractivity contribution in [2.45, 2.75) is 38.9 Å². The molecule has 0 saturated heterocycles. The predicted molar refractivity (Wildman–Crippen MR) is 67.1 cm³/mol. The van der Waals surface area contributed by atoms with Gasteiger partial charge in [-0.25, -0.2) is 0 Å². The van der Waals surface area contributed by atoms with E-state index in [4.69, 9.17) is 9.16 Å². The molecule has 0 aromatic carbocycles. The number of hydrogen-bond acceptors (Lipinski definition) is 3. The smallest absolute Gasteiger partial charge is 0.252 e. The summed E-state index contributed by atoms with van der Waals surface area (Å²) in [6.07, 6.45) is 1.65. The number of ether oxygens (including phenoxy) is 1. The summed E-state index contributed by atoms with van der Waals surface area (Å²) < 4.78 is 11.1. The summed E-state index contributed by atoms with van der Waals surface area (Å²) in [7, 11) is 3.79. The van der Waals surface area contributed by atoms with Crippen molar-refractivity contribution in [3.8, 4) is 0 Å². The minimum absolute atomic E-state index is 0.204. The Morgan fingerprint density at radius 3 is 1.93 bits per heavy atom. The number of nitrogens with zero attached hydrogens (tertiary/aromatic N) is 1. The molecule has 0 unspecified atom stereocenters. The molecule has 0 aliphatic carbocycles. The molecule has 0 rings (SSSR count). The largest absolute Gasteiger partial charge is 0.530 e. The van der Waals surface area contributed by atoms with Crippen LogP contribution in [-0.2, 0) is 9.16 Å². The first-order valence-electron chi connectivity index (χ1n) is 5.21. The third kappa shape index (κ3) is 4.16. The van der Waals surface area contributed by atoms with Crippen molar-refractivity contribution in [2.75, 3.05) is 21.2 Å². The van der Waals surface area contributed by atoms with Gasteiger partial charge in [-0.05, 0) is 18.1 Å². The first-order chi connectivity index (χ1) is 6.62. The predicted octanol–water partition coefficient (Wildman–Crippen LogP) is 3.02. The van der Waals surface area contributed by atoms with Crippen molar-refractivity contribution in [2.24, 2.45) is 0 Å². The molecule has 90 valence electrons. The summed E-state index contributed by atoms with van der Waals surface area (Å²) >= 11 is 0. The summed E-state index contributed by atoms with van der Waals surface area (Å²) in [6, 6.07) is 0. The Bertz CT molecular complexity index is 229. The lowest BCUT2D eigenvalue weighted by Gasteiger charge is -2.38. The minimum Gasteiger partial charge on any atom is -0.530 e. The number of methoxy groups -OCH3 is 1. The van der Waals surface area contributed by atoms with Crippen LogP contribution in [0.25, 0.3) is 0 Å². The average Bonchev–Trinajstić information content (AvgIpc) is 2.00. The Labute approximate surface area is 95.2 Å². The molecule has 0 aliphatic rings. The summed E-state index contributed by atoms with van der Waals surface area (Å²) in [5, 5.41) is 0.204. The lowest BCUT2D eigenvalue weighted by Crippen LogP contribution is -2.42. The Morgan fingerprint density at radius 1 is 1.20 bits per heavy atom. The SMILES string of the molecule is CO/C=C(\O[Si](C)(C)C(C)(C)C)N(C)C. The molecule has 0 fully saturated rings. The second-order valence-electron chi connectivity index (χ2n) is 5.45. The van der Waals surface area contributed by atoms with Crippen LogP contribution in [0.1, 0.15) is 20.8 Å². The van der Waals surface area contributed by atoms with Gasteiger partial charge in [0.15, 0.2) is 0 Å². The molecule has 0 heterocycles. The van der Waals surface area contributed by atoms with E-state index in [0.29, 0.717) is 0 Å². The zero-order chi connectivity index (χ0) is 12.3. The van der Waals surface area contributed by atoms with E-state index in [-0.39, 0.29) is 5.04 Å². The molecular weight excluding hydrogens is 206 g/mol. The van der Waals surface area contributed by atoms with E-state index < -0.39 is 8.32 Å². The van der Waals surface area contributed by atoms with Crippen molar-refractivity contribution in [3.63, 3.8) is 0 Å². The van der Waals surface area contributed by atoms with Gasteiger partial charge in [0.1, 0.15) is 6.26 Å². The molecule has 0 amide bonds. The highest BCUT2D eigenvalue weighted by Gasteiger charge is 2.39. The summed E-state index contributed by atoms with van der Waals surface area (Å²) in [5.41, 5.74) is 0. The second kappa shape index (κ2) is 4.92. The monoisotopic (exact) mass is 231 g/mol. The first-order valence-corrected chi connectivity index (χ1v) is 8.12. The van der Waals surface area contributed by atoms with E-state index in [2.05, 4.69) is 33.9 Å². The topological polar surface area (TPSA) is 21.7 Å². The van der Waals surface area contributed by atoms with Crippen molar-refractivity contribution in [1.29, 1.82) is 0 Å². The summed E-state index contributed by atoms with van der Waals surface area (Å²) in [6.45, 7) is 11.1. The molecule has 0 aliphatic heterocycles. The van der Waals surface area contributed by atoms with Gasteiger partial charge < -0.3 is 14.1 Å². The van der Waals surface area contributed by atoms with Crippen molar-refractivity contribution >= 4 is 8.32 Å². The molecular formula is C11H25NO2Si. The Morgan fingerprint density at radius 2 is 1.67 bits per heavy atom. The molecule has 0 bridgehead atoms. The van der Waals surface area contributed by atoms with E-state index in [0.717, 1.165) is 5.88 Å². The van der Waals surface area contributed by atoms with Crippen molar-refractivity contribution < 1.29 is 9.16 Å². The maximum atomic E-state index is 6.11. The van der Waals surface area contributed by atoms with Gasteiger partial charge in [0.05, 0.1) is 7.11 Å². The maximum Gasteiger partial charge on any atom is 0.252 e. The van der Waals surface area contributed by atoms with Crippen LogP contribution < -0.4 is 0 Å². The molecule has 4 heteroatoms. The fourth-order valence-electron chi connectivity index (χ4n) is 0.736. The van der Waals surface area contributed by atoms with Gasteiger partial charge in [0, 0.05) is 14.1 Å². The van der Waals surface area contributed by atoms with Crippen molar-refractivity contribution in [3.05, 3.63) is 12.1 Å². The van der Waals surface area contributed by atoms with E-state index >= 15 is 0 Å². The Hall–Kier alpha value is -0.643. The highest BCUT2D eigenvalue weighted by molar-refractivity contribution is 6.74. The van der Waals surface area contributed by atoms with Gasteiger partial charge in [-0.2, -0.15) is 0 Å². The third-order valence-corrected chi connectivity index (χ3v) is 7.16. The van der Waals surface area contributed by atoms with E-state index in [9.17, 15) is 0 Å². The summed E-state index contributed by atoms with van der Waals surface area (Å²) in [4.78, 5) is 1.93. The molecule has 0 N–H and O–H groups in total. The van der Waals surface area contributed by atoms with Crippen LogP contribution in [0.3, 0.4) is 0 Å². The summed E-state index contributed by atoms with van der Waals surface area (Å²) in [5.74, 6) is 0.795. The molecule has 0 aromatic heterocycles.